The number of aromatic nitrogens is 3. The van der Waals surface area contributed by atoms with E-state index in [0.717, 1.165) is 61.5 Å². The second-order valence-corrected chi connectivity index (χ2v) is 10.4. The SMILES string of the molecule is Cc1ccccc1-n1c(SCC(=O)Nc2sc3c(c2C#N)CCCC3)nnc1N1CCOCC1. The van der Waals surface area contributed by atoms with Crippen LogP contribution in [-0.4, -0.2) is 52.7 Å². The number of nitriles is 1. The van der Waals surface area contributed by atoms with Gasteiger partial charge in [0, 0.05) is 18.0 Å². The standard InChI is InChI=1S/C24H26N6O2S2/c1-16-6-2-4-8-19(16)30-23(29-10-12-32-13-11-29)27-28-24(30)33-15-21(31)26-22-18(14-25)17-7-3-5-9-20(17)34-22/h2,4,6,8H,3,5,7,9-13,15H2,1H3,(H,26,31). The van der Waals surface area contributed by atoms with Gasteiger partial charge in [-0.25, -0.2) is 0 Å². The largest absolute Gasteiger partial charge is 0.378 e. The predicted molar refractivity (Wildman–Crippen MR) is 134 cm³/mol. The minimum atomic E-state index is -0.146. The number of nitrogens with zero attached hydrogens (tertiary/aromatic N) is 5. The molecule has 2 aromatic heterocycles. The van der Waals surface area contributed by atoms with Crippen LogP contribution in [0.15, 0.2) is 29.4 Å². The Labute approximate surface area is 206 Å². The minimum absolute atomic E-state index is 0.146. The van der Waals surface area contributed by atoms with Crippen LogP contribution in [0.25, 0.3) is 5.69 Å². The topological polar surface area (TPSA) is 96.1 Å². The third-order valence-electron chi connectivity index (χ3n) is 6.13. The van der Waals surface area contributed by atoms with E-state index in [0.29, 0.717) is 28.9 Å². The number of benzene rings is 1. The Bertz CT molecular complexity index is 1240. The summed E-state index contributed by atoms with van der Waals surface area (Å²) in [4.78, 5) is 16.3. The van der Waals surface area contributed by atoms with Gasteiger partial charge in [-0.2, -0.15) is 5.26 Å². The van der Waals surface area contributed by atoms with Crippen molar-refractivity contribution in [2.24, 2.45) is 0 Å². The van der Waals surface area contributed by atoms with Gasteiger partial charge in [0.15, 0.2) is 5.16 Å². The summed E-state index contributed by atoms with van der Waals surface area (Å²) in [6.07, 6.45) is 4.15. The fourth-order valence-corrected chi connectivity index (χ4v) is 6.41. The van der Waals surface area contributed by atoms with Gasteiger partial charge in [0.05, 0.1) is 30.2 Å². The number of para-hydroxylation sites is 1. The first kappa shape index (κ1) is 22.9. The number of hydrogen-bond acceptors (Lipinski definition) is 8. The summed E-state index contributed by atoms with van der Waals surface area (Å²) < 4.78 is 7.53. The number of anilines is 2. The maximum Gasteiger partial charge on any atom is 0.235 e. The van der Waals surface area contributed by atoms with Crippen molar-refractivity contribution in [3.63, 3.8) is 0 Å². The van der Waals surface area contributed by atoms with Crippen LogP contribution in [0.5, 0.6) is 0 Å². The smallest absolute Gasteiger partial charge is 0.235 e. The minimum Gasteiger partial charge on any atom is -0.378 e. The van der Waals surface area contributed by atoms with Gasteiger partial charge in [-0.15, -0.1) is 21.5 Å². The van der Waals surface area contributed by atoms with Crippen LogP contribution in [0.4, 0.5) is 10.9 Å². The molecular weight excluding hydrogens is 468 g/mol. The zero-order valence-electron chi connectivity index (χ0n) is 19.0. The van der Waals surface area contributed by atoms with Crippen molar-refractivity contribution in [2.45, 2.75) is 37.8 Å². The molecule has 3 heterocycles. The van der Waals surface area contributed by atoms with Crippen molar-refractivity contribution in [1.82, 2.24) is 14.8 Å². The molecule has 1 saturated heterocycles. The zero-order valence-corrected chi connectivity index (χ0v) is 20.7. The summed E-state index contributed by atoms with van der Waals surface area (Å²) in [6.45, 7) is 4.85. The van der Waals surface area contributed by atoms with E-state index < -0.39 is 0 Å². The third-order valence-corrected chi connectivity index (χ3v) is 8.27. The third kappa shape index (κ3) is 4.56. The van der Waals surface area contributed by atoms with Crippen LogP contribution in [-0.2, 0) is 22.4 Å². The van der Waals surface area contributed by atoms with Crippen LogP contribution in [0.3, 0.4) is 0 Å². The van der Waals surface area contributed by atoms with Gasteiger partial charge in [-0.3, -0.25) is 9.36 Å². The molecule has 1 aliphatic carbocycles. The number of rotatable bonds is 6. The number of carbonyl (C=O) groups is 1. The van der Waals surface area contributed by atoms with Crippen LogP contribution in [0.2, 0.25) is 0 Å². The van der Waals surface area contributed by atoms with Crippen molar-refractivity contribution in [3.05, 3.63) is 45.8 Å². The van der Waals surface area contributed by atoms with Crippen molar-refractivity contribution < 1.29 is 9.53 Å². The predicted octanol–water partition coefficient (Wildman–Crippen LogP) is 3.96. The number of thiophene rings is 1. The second-order valence-electron chi connectivity index (χ2n) is 8.37. The molecule has 0 radical (unpaired) electrons. The summed E-state index contributed by atoms with van der Waals surface area (Å²) in [5.41, 5.74) is 3.85. The van der Waals surface area contributed by atoms with E-state index in [-0.39, 0.29) is 11.7 Å². The molecule has 176 valence electrons. The van der Waals surface area contributed by atoms with Crippen molar-refractivity contribution in [1.29, 1.82) is 5.26 Å². The van der Waals surface area contributed by atoms with Gasteiger partial charge in [0.2, 0.25) is 11.9 Å². The molecule has 0 bridgehead atoms. The number of thioether (sulfide) groups is 1. The van der Waals surface area contributed by atoms with E-state index in [1.165, 1.54) is 16.6 Å². The first-order valence-electron chi connectivity index (χ1n) is 11.5. The lowest BCUT2D eigenvalue weighted by Gasteiger charge is -2.28. The molecule has 1 fully saturated rings. The lowest BCUT2D eigenvalue weighted by Crippen LogP contribution is -2.38. The summed E-state index contributed by atoms with van der Waals surface area (Å²) in [5, 5.41) is 22.9. The molecule has 2 aliphatic rings. The van der Waals surface area contributed by atoms with Gasteiger partial charge in [-0.1, -0.05) is 30.0 Å². The Hall–Kier alpha value is -2.87. The molecule has 0 saturated carbocycles. The van der Waals surface area contributed by atoms with Crippen LogP contribution in [0.1, 0.15) is 34.4 Å². The molecule has 3 aromatic rings. The summed E-state index contributed by atoms with van der Waals surface area (Å²) in [7, 11) is 0. The monoisotopic (exact) mass is 494 g/mol. The number of carbonyl (C=O) groups excluding carboxylic acids is 1. The molecule has 0 unspecified atom stereocenters. The molecule has 1 amide bonds. The van der Waals surface area contributed by atoms with Crippen LogP contribution >= 0.6 is 23.1 Å². The number of amides is 1. The van der Waals surface area contributed by atoms with E-state index in [1.54, 1.807) is 11.3 Å². The molecule has 0 atom stereocenters. The van der Waals surface area contributed by atoms with Gasteiger partial charge in [0.1, 0.15) is 11.1 Å². The maximum absolute atomic E-state index is 12.9. The number of hydrogen-bond donors (Lipinski definition) is 1. The van der Waals surface area contributed by atoms with Crippen LogP contribution < -0.4 is 10.2 Å². The average molecular weight is 495 g/mol. The van der Waals surface area contributed by atoms with Crippen LogP contribution in [0, 0.1) is 18.3 Å². The molecule has 0 spiro atoms. The van der Waals surface area contributed by atoms with Gasteiger partial charge in [0.25, 0.3) is 0 Å². The Morgan fingerprint density at radius 2 is 2.03 bits per heavy atom. The quantitative estimate of drug-likeness (QED) is 0.518. The summed E-state index contributed by atoms with van der Waals surface area (Å²) in [6, 6.07) is 10.4. The molecule has 34 heavy (non-hydrogen) atoms. The molecule has 8 nitrogen and oxygen atoms in total. The first-order valence-corrected chi connectivity index (χ1v) is 13.3. The highest BCUT2D eigenvalue weighted by molar-refractivity contribution is 7.99. The number of aryl methyl sites for hydroxylation is 2. The number of fused-ring (bicyclic) bond motifs is 1. The molecule has 1 aliphatic heterocycles. The van der Waals surface area contributed by atoms with Gasteiger partial charge in [-0.05, 0) is 49.8 Å². The number of ether oxygens (including phenoxy) is 1. The van der Waals surface area contributed by atoms with E-state index in [2.05, 4.69) is 39.5 Å². The van der Waals surface area contributed by atoms with Gasteiger partial charge >= 0.3 is 0 Å². The highest BCUT2D eigenvalue weighted by Gasteiger charge is 2.24. The molecular formula is C24H26N6O2S2. The first-order chi connectivity index (χ1) is 16.7. The Kier molecular flexibility index (Phi) is 6.85. The average Bonchev–Trinajstić information content (AvgIpc) is 3.44. The van der Waals surface area contributed by atoms with Crippen molar-refractivity contribution >= 4 is 40.0 Å². The summed E-state index contributed by atoms with van der Waals surface area (Å²) >= 11 is 2.90. The number of nitrogens with one attached hydrogen (secondary N) is 1. The van der Waals surface area contributed by atoms with Crippen molar-refractivity contribution in [3.8, 4) is 11.8 Å². The van der Waals surface area contributed by atoms with E-state index in [1.807, 2.05) is 22.8 Å². The Morgan fingerprint density at radius 1 is 1.24 bits per heavy atom. The normalized spacial score (nSPS) is 15.6. The Morgan fingerprint density at radius 3 is 2.82 bits per heavy atom. The van der Waals surface area contributed by atoms with E-state index in [9.17, 15) is 10.1 Å². The van der Waals surface area contributed by atoms with E-state index >= 15 is 0 Å². The Balaban J connectivity index is 1.36. The molecule has 1 aromatic carbocycles. The highest BCUT2D eigenvalue weighted by atomic mass is 32.2. The zero-order chi connectivity index (χ0) is 23.5. The fourth-order valence-electron chi connectivity index (χ4n) is 4.41. The lowest BCUT2D eigenvalue weighted by atomic mass is 9.96. The molecule has 10 heteroatoms. The summed E-state index contributed by atoms with van der Waals surface area (Å²) in [5.74, 6) is 0.797. The fraction of sp³-hybridized carbons (Fsp3) is 0.417. The molecule has 1 N–H and O–H groups in total. The number of morpholine rings is 1. The molecule has 5 rings (SSSR count). The lowest BCUT2D eigenvalue weighted by molar-refractivity contribution is -0.113. The maximum atomic E-state index is 12.9. The highest BCUT2D eigenvalue weighted by Crippen LogP contribution is 2.38. The second kappa shape index (κ2) is 10.2. The van der Waals surface area contributed by atoms with Crippen molar-refractivity contribution in [2.75, 3.05) is 42.3 Å². The van der Waals surface area contributed by atoms with Gasteiger partial charge < -0.3 is 15.0 Å². The van der Waals surface area contributed by atoms with E-state index in [4.69, 9.17) is 4.74 Å².